The summed E-state index contributed by atoms with van der Waals surface area (Å²) in [5, 5.41) is 8.69. The molecule has 1 saturated heterocycles. The van der Waals surface area contributed by atoms with Crippen LogP contribution in [0.25, 0.3) is 0 Å². The Labute approximate surface area is 98.8 Å². The fourth-order valence-electron chi connectivity index (χ4n) is 1.67. The number of halogens is 3. The standard InChI is InChI=1S/C9H10F3N3O3/c10-4-2-15(8(17)14-7(4)13)6-1-5(11)9(12,3-16)18-6/h2,5-6,16H,1,3H2,(H2,13,14,17)/t5-,6+,9+/m0/s1. The highest BCUT2D eigenvalue weighted by molar-refractivity contribution is 5.26. The largest absolute Gasteiger partial charge is 0.390 e. The van der Waals surface area contributed by atoms with E-state index < -0.39 is 48.6 Å². The van der Waals surface area contributed by atoms with Crippen LogP contribution in [-0.4, -0.2) is 33.3 Å². The van der Waals surface area contributed by atoms with Crippen LogP contribution in [0.5, 0.6) is 0 Å². The molecular weight excluding hydrogens is 255 g/mol. The van der Waals surface area contributed by atoms with E-state index in [1.807, 2.05) is 0 Å². The van der Waals surface area contributed by atoms with Crippen molar-refractivity contribution in [2.24, 2.45) is 0 Å². The summed E-state index contributed by atoms with van der Waals surface area (Å²) in [7, 11) is 0. The number of alkyl halides is 2. The molecule has 1 aromatic rings. The van der Waals surface area contributed by atoms with Crippen LogP contribution in [0.4, 0.5) is 19.0 Å². The van der Waals surface area contributed by atoms with Crippen LogP contribution in [0, 0.1) is 5.82 Å². The zero-order chi connectivity index (χ0) is 13.5. The number of aromatic nitrogens is 2. The van der Waals surface area contributed by atoms with Gasteiger partial charge in [-0.05, 0) is 0 Å². The van der Waals surface area contributed by atoms with E-state index in [-0.39, 0.29) is 0 Å². The van der Waals surface area contributed by atoms with Crippen molar-refractivity contribution in [3.63, 3.8) is 0 Å². The van der Waals surface area contributed by atoms with Crippen LogP contribution in [0.1, 0.15) is 12.6 Å². The maximum atomic E-state index is 13.6. The maximum absolute atomic E-state index is 13.6. The van der Waals surface area contributed by atoms with Crippen LogP contribution in [-0.2, 0) is 4.74 Å². The van der Waals surface area contributed by atoms with Gasteiger partial charge in [0.05, 0.1) is 6.20 Å². The Morgan fingerprint density at radius 3 is 2.94 bits per heavy atom. The second-order valence-corrected chi connectivity index (χ2v) is 3.88. The molecule has 1 aliphatic rings. The molecule has 18 heavy (non-hydrogen) atoms. The molecule has 0 amide bonds. The topological polar surface area (TPSA) is 90.4 Å². The van der Waals surface area contributed by atoms with Gasteiger partial charge in [-0.25, -0.2) is 18.0 Å². The monoisotopic (exact) mass is 265 g/mol. The highest BCUT2D eigenvalue weighted by atomic mass is 19.2. The molecule has 1 aromatic heterocycles. The van der Waals surface area contributed by atoms with E-state index in [2.05, 4.69) is 9.72 Å². The second kappa shape index (κ2) is 4.25. The quantitative estimate of drug-likeness (QED) is 0.778. The fourth-order valence-corrected chi connectivity index (χ4v) is 1.67. The molecule has 0 saturated carbocycles. The first-order valence-electron chi connectivity index (χ1n) is 5.03. The molecule has 1 aliphatic heterocycles. The van der Waals surface area contributed by atoms with Crippen molar-refractivity contribution in [1.82, 2.24) is 9.55 Å². The highest BCUT2D eigenvalue weighted by Crippen LogP contribution is 2.39. The van der Waals surface area contributed by atoms with Crippen LogP contribution < -0.4 is 11.4 Å². The molecule has 100 valence electrons. The summed E-state index contributed by atoms with van der Waals surface area (Å²) < 4.78 is 45.2. The average molecular weight is 265 g/mol. The molecule has 0 unspecified atom stereocenters. The third-order valence-corrected chi connectivity index (χ3v) is 2.67. The van der Waals surface area contributed by atoms with Crippen molar-refractivity contribution in [2.75, 3.05) is 12.3 Å². The number of hydrogen-bond donors (Lipinski definition) is 2. The van der Waals surface area contributed by atoms with Gasteiger partial charge in [0.25, 0.3) is 5.85 Å². The Balaban J connectivity index is 2.35. The Kier molecular flexibility index (Phi) is 3.03. The number of ether oxygens (including phenoxy) is 1. The molecule has 0 aromatic carbocycles. The van der Waals surface area contributed by atoms with E-state index in [1.54, 1.807) is 0 Å². The number of nitrogen functional groups attached to an aromatic ring is 1. The molecule has 0 radical (unpaired) electrons. The van der Waals surface area contributed by atoms with Crippen molar-refractivity contribution < 1.29 is 23.0 Å². The number of aliphatic hydroxyl groups is 1. The van der Waals surface area contributed by atoms with E-state index in [4.69, 9.17) is 10.8 Å². The number of nitrogens with zero attached hydrogens (tertiary/aromatic N) is 2. The van der Waals surface area contributed by atoms with Crippen LogP contribution >= 0.6 is 0 Å². The van der Waals surface area contributed by atoms with Gasteiger partial charge in [0, 0.05) is 6.42 Å². The van der Waals surface area contributed by atoms with Crippen molar-refractivity contribution >= 4 is 5.82 Å². The van der Waals surface area contributed by atoms with E-state index in [9.17, 15) is 18.0 Å². The first-order valence-corrected chi connectivity index (χ1v) is 5.03. The van der Waals surface area contributed by atoms with Crippen molar-refractivity contribution in [3.8, 4) is 0 Å². The third kappa shape index (κ3) is 1.95. The van der Waals surface area contributed by atoms with Gasteiger partial charge in [-0.2, -0.15) is 4.98 Å². The van der Waals surface area contributed by atoms with Gasteiger partial charge in [0.2, 0.25) is 0 Å². The molecule has 0 bridgehead atoms. The lowest BCUT2D eigenvalue weighted by atomic mass is 10.2. The molecule has 3 N–H and O–H groups in total. The molecule has 1 fully saturated rings. The Morgan fingerprint density at radius 1 is 1.72 bits per heavy atom. The Hall–Kier alpha value is -1.61. The minimum atomic E-state index is -2.90. The lowest BCUT2D eigenvalue weighted by Crippen LogP contribution is -2.36. The summed E-state index contributed by atoms with van der Waals surface area (Å²) in [6.07, 6.45) is -3.39. The van der Waals surface area contributed by atoms with Crippen molar-refractivity contribution in [2.45, 2.75) is 24.7 Å². The van der Waals surface area contributed by atoms with Crippen molar-refractivity contribution in [1.29, 1.82) is 0 Å². The smallest absolute Gasteiger partial charge is 0.351 e. The number of hydrogen-bond acceptors (Lipinski definition) is 5. The van der Waals surface area contributed by atoms with Gasteiger partial charge in [-0.3, -0.25) is 4.57 Å². The maximum Gasteiger partial charge on any atom is 0.351 e. The molecule has 2 heterocycles. The van der Waals surface area contributed by atoms with Crippen LogP contribution in [0.15, 0.2) is 11.0 Å². The predicted molar refractivity (Wildman–Crippen MR) is 53.4 cm³/mol. The molecular formula is C9H10F3N3O3. The number of aliphatic hydroxyl groups excluding tert-OH is 1. The molecule has 0 aliphatic carbocycles. The lowest BCUT2D eigenvalue weighted by molar-refractivity contribution is -0.196. The highest BCUT2D eigenvalue weighted by Gasteiger charge is 2.51. The summed E-state index contributed by atoms with van der Waals surface area (Å²) in [5.41, 5.74) is 4.07. The SMILES string of the molecule is Nc1nc(=O)n([C@H]2C[C@H](F)[C@@](F)(CO)O2)cc1F. The summed E-state index contributed by atoms with van der Waals surface area (Å²) in [5.74, 6) is -4.52. The lowest BCUT2D eigenvalue weighted by Gasteiger charge is -2.19. The number of anilines is 1. The van der Waals surface area contributed by atoms with E-state index >= 15 is 0 Å². The van der Waals surface area contributed by atoms with Crippen molar-refractivity contribution in [3.05, 3.63) is 22.5 Å². The molecule has 9 heteroatoms. The van der Waals surface area contributed by atoms with Crippen LogP contribution in [0.2, 0.25) is 0 Å². The van der Waals surface area contributed by atoms with Gasteiger partial charge in [-0.15, -0.1) is 0 Å². The van der Waals surface area contributed by atoms with E-state index in [0.717, 1.165) is 0 Å². The van der Waals surface area contributed by atoms with Gasteiger partial charge in [0.1, 0.15) is 12.8 Å². The zero-order valence-electron chi connectivity index (χ0n) is 9.02. The fraction of sp³-hybridized carbons (Fsp3) is 0.556. The summed E-state index contributed by atoms with van der Waals surface area (Å²) in [4.78, 5) is 14.5. The minimum Gasteiger partial charge on any atom is -0.390 e. The average Bonchev–Trinajstić information content (AvgIpc) is 2.61. The molecule has 2 rings (SSSR count). The van der Waals surface area contributed by atoms with Crippen LogP contribution in [0.3, 0.4) is 0 Å². The third-order valence-electron chi connectivity index (χ3n) is 2.67. The molecule has 3 atom stereocenters. The normalized spacial score (nSPS) is 31.8. The first kappa shape index (κ1) is 12.8. The van der Waals surface area contributed by atoms with E-state index in [1.165, 1.54) is 0 Å². The summed E-state index contributed by atoms with van der Waals surface area (Å²) >= 11 is 0. The Bertz CT molecular complexity index is 524. The number of nitrogens with two attached hydrogens (primary N) is 1. The zero-order valence-corrected chi connectivity index (χ0v) is 9.02. The van der Waals surface area contributed by atoms with Gasteiger partial charge < -0.3 is 15.6 Å². The van der Waals surface area contributed by atoms with Gasteiger partial charge >= 0.3 is 5.69 Å². The molecule has 0 spiro atoms. The predicted octanol–water partition coefficient (Wildman–Crippen LogP) is -0.120. The summed E-state index contributed by atoms with van der Waals surface area (Å²) in [6.45, 7) is -1.20. The Morgan fingerprint density at radius 2 is 2.39 bits per heavy atom. The second-order valence-electron chi connectivity index (χ2n) is 3.88. The van der Waals surface area contributed by atoms with Gasteiger partial charge in [-0.1, -0.05) is 0 Å². The van der Waals surface area contributed by atoms with E-state index in [0.29, 0.717) is 10.8 Å². The van der Waals surface area contributed by atoms with Gasteiger partial charge in [0.15, 0.2) is 17.8 Å². The molecule has 6 nitrogen and oxygen atoms in total. The number of rotatable bonds is 2. The minimum absolute atomic E-state index is 0.540. The first-order chi connectivity index (χ1) is 8.37. The summed E-state index contributed by atoms with van der Waals surface area (Å²) in [6, 6.07) is 0.